The molecule has 1 aliphatic carbocycles. The Morgan fingerprint density at radius 1 is 1.40 bits per heavy atom. The normalized spacial score (nSPS) is 27.0. The van der Waals surface area contributed by atoms with E-state index >= 15 is 0 Å². The fourth-order valence-corrected chi connectivity index (χ4v) is 4.23. The number of amides is 1. The minimum absolute atomic E-state index is 0. The van der Waals surface area contributed by atoms with E-state index < -0.39 is 15.7 Å². The van der Waals surface area contributed by atoms with Crippen molar-refractivity contribution in [3.63, 3.8) is 0 Å². The molecule has 5 nitrogen and oxygen atoms in total. The summed E-state index contributed by atoms with van der Waals surface area (Å²) in [4.78, 5) is 11.9. The van der Waals surface area contributed by atoms with Gasteiger partial charge in [0.15, 0.2) is 5.54 Å². The van der Waals surface area contributed by atoms with Crippen LogP contribution in [0.2, 0.25) is 0 Å². The maximum absolute atomic E-state index is 11.9. The van der Waals surface area contributed by atoms with Crippen LogP contribution < -0.4 is 17.1 Å². The molecule has 0 radical (unpaired) electrons. The highest BCUT2D eigenvalue weighted by Gasteiger charge is 2.59. The highest BCUT2D eigenvalue weighted by molar-refractivity contribution is 7.83. The molecule has 0 bridgehead atoms. The third-order valence-electron chi connectivity index (χ3n) is 3.12. The average Bonchev–Trinajstić information content (AvgIpc) is 2.59. The van der Waals surface area contributed by atoms with E-state index in [-0.39, 0.29) is 24.9 Å². The number of quaternary nitrogens is 1. The molecule has 2 N–H and O–H groups in total. The highest BCUT2D eigenvalue weighted by atomic mass is 35.5. The lowest BCUT2D eigenvalue weighted by Gasteiger charge is -2.13. The highest BCUT2D eigenvalue weighted by Crippen LogP contribution is 2.31. The Labute approximate surface area is 95.8 Å². The van der Waals surface area contributed by atoms with Gasteiger partial charge >= 0.3 is 16.1 Å². The number of likely N-dealkylation sites (N-methyl/N-ethyl adjacent to an activating group) is 1. The summed E-state index contributed by atoms with van der Waals surface area (Å²) in [6.07, 6.45) is 3.30. The molecule has 2 aliphatic rings. The molecule has 1 saturated carbocycles. The molecular formula is C8H15ClN2O3S. The zero-order valence-corrected chi connectivity index (χ0v) is 10.1. The van der Waals surface area contributed by atoms with Crippen LogP contribution in [-0.2, 0) is 15.0 Å². The van der Waals surface area contributed by atoms with Gasteiger partial charge in [-0.3, -0.25) is 4.79 Å². The van der Waals surface area contributed by atoms with Crippen LogP contribution in [0.15, 0.2) is 0 Å². The second-order valence-electron chi connectivity index (χ2n) is 4.00. The monoisotopic (exact) mass is 254 g/mol. The number of hydrogen-bond acceptors (Lipinski definition) is 3. The first kappa shape index (κ1) is 12.7. The van der Waals surface area contributed by atoms with Crippen molar-refractivity contribution in [1.29, 1.82) is 0 Å². The Morgan fingerprint density at radius 2 is 1.93 bits per heavy atom. The Balaban J connectivity index is 0.00000112. The Hall–Kier alpha value is -0.330. The number of hydrogen-bond donors (Lipinski definition) is 1. The van der Waals surface area contributed by atoms with Crippen molar-refractivity contribution < 1.29 is 30.3 Å². The summed E-state index contributed by atoms with van der Waals surface area (Å²) in [5, 5.41) is 0. The molecule has 7 heteroatoms. The lowest BCUT2D eigenvalue weighted by atomic mass is 9.98. The summed E-state index contributed by atoms with van der Waals surface area (Å²) in [5.74, 6) is -0.211. The second-order valence-corrected chi connectivity index (χ2v) is 5.70. The third-order valence-corrected chi connectivity index (χ3v) is 4.90. The fraction of sp³-hybridized carbons (Fsp3) is 0.875. The molecule has 1 amide bonds. The van der Waals surface area contributed by atoms with Gasteiger partial charge in [-0.25, -0.2) is 4.72 Å². The van der Waals surface area contributed by atoms with Crippen LogP contribution >= 0.6 is 0 Å². The molecule has 0 aromatic carbocycles. The Bertz CT molecular complexity index is 362. The first-order valence-corrected chi connectivity index (χ1v) is 6.45. The largest absolute Gasteiger partial charge is 1.00 e. The van der Waals surface area contributed by atoms with Crippen LogP contribution in [0.1, 0.15) is 32.6 Å². The SMILES string of the molecule is CCN1C(=O)C2(CCCC2)[NH2+]S1(=O)=O.[Cl-]. The van der Waals surface area contributed by atoms with Gasteiger partial charge < -0.3 is 12.4 Å². The Kier molecular flexibility index (Phi) is 3.33. The predicted octanol–water partition coefficient (Wildman–Crippen LogP) is -4.03. The maximum atomic E-state index is 11.9. The maximum Gasteiger partial charge on any atom is 0.396 e. The van der Waals surface area contributed by atoms with E-state index in [0.717, 1.165) is 17.1 Å². The van der Waals surface area contributed by atoms with E-state index in [0.29, 0.717) is 12.8 Å². The molecule has 2 rings (SSSR count). The van der Waals surface area contributed by atoms with Gasteiger partial charge in [0.25, 0.3) is 0 Å². The van der Waals surface area contributed by atoms with Gasteiger partial charge in [0.2, 0.25) is 0 Å². The molecule has 0 atom stereocenters. The van der Waals surface area contributed by atoms with E-state index in [9.17, 15) is 13.2 Å². The summed E-state index contributed by atoms with van der Waals surface area (Å²) in [6, 6.07) is 0. The minimum atomic E-state index is -3.42. The standard InChI is InChI=1S/C8H14N2O3S.ClH/c1-2-10-7(11)8(5-3-4-6-8)9-14(10,12)13;/h9H,2-6H2,1H3;1H. The molecular weight excluding hydrogens is 240 g/mol. The van der Waals surface area contributed by atoms with Gasteiger partial charge in [-0.1, -0.05) is 0 Å². The van der Waals surface area contributed by atoms with Gasteiger partial charge in [-0.15, -0.1) is 0 Å². The number of nitrogens with two attached hydrogens (primary N) is 1. The second kappa shape index (κ2) is 3.92. The third kappa shape index (κ3) is 1.74. The molecule has 0 unspecified atom stereocenters. The molecule has 88 valence electrons. The average molecular weight is 255 g/mol. The van der Waals surface area contributed by atoms with Crippen molar-refractivity contribution in [2.24, 2.45) is 0 Å². The van der Waals surface area contributed by atoms with Gasteiger partial charge in [0.1, 0.15) is 0 Å². The van der Waals surface area contributed by atoms with E-state index in [1.165, 1.54) is 4.72 Å². The van der Waals surface area contributed by atoms with Crippen molar-refractivity contribution in [2.45, 2.75) is 38.1 Å². The Morgan fingerprint density at radius 3 is 2.33 bits per heavy atom. The minimum Gasteiger partial charge on any atom is -1.00 e. The summed E-state index contributed by atoms with van der Waals surface area (Å²) in [6.45, 7) is 1.94. The van der Waals surface area contributed by atoms with Crippen molar-refractivity contribution >= 4 is 16.1 Å². The quantitative estimate of drug-likeness (QED) is 0.518. The predicted molar refractivity (Wildman–Crippen MR) is 49.4 cm³/mol. The van der Waals surface area contributed by atoms with Gasteiger partial charge in [0.05, 0.1) is 0 Å². The van der Waals surface area contributed by atoms with Crippen LogP contribution in [-0.4, -0.2) is 30.7 Å². The molecule has 2 fully saturated rings. The first-order valence-electron chi connectivity index (χ1n) is 4.95. The van der Waals surface area contributed by atoms with Crippen LogP contribution in [0.4, 0.5) is 0 Å². The van der Waals surface area contributed by atoms with Crippen LogP contribution in [0.25, 0.3) is 0 Å². The van der Waals surface area contributed by atoms with Gasteiger partial charge in [-0.05, 0) is 19.8 Å². The lowest BCUT2D eigenvalue weighted by molar-refractivity contribution is -0.562. The van der Waals surface area contributed by atoms with Crippen molar-refractivity contribution in [2.75, 3.05) is 6.54 Å². The zero-order valence-electron chi connectivity index (χ0n) is 8.57. The number of carbonyl (C=O) groups excluding carboxylic acids is 1. The van der Waals surface area contributed by atoms with E-state index in [2.05, 4.69) is 0 Å². The van der Waals surface area contributed by atoms with E-state index in [4.69, 9.17) is 0 Å². The van der Waals surface area contributed by atoms with Gasteiger partial charge in [0, 0.05) is 19.4 Å². The lowest BCUT2D eigenvalue weighted by Crippen LogP contribution is -3.00. The van der Waals surface area contributed by atoms with E-state index in [1.54, 1.807) is 6.92 Å². The fourth-order valence-electron chi connectivity index (χ4n) is 2.42. The first-order chi connectivity index (χ1) is 6.52. The number of carbonyl (C=O) groups is 1. The summed E-state index contributed by atoms with van der Waals surface area (Å²) >= 11 is 0. The molecule has 1 saturated heterocycles. The number of nitrogens with zero attached hydrogens (tertiary/aromatic N) is 1. The molecule has 15 heavy (non-hydrogen) atoms. The molecule has 1 heterocycles. The molecule has 1 aliphatic heterocycles. The van der Waals surface area contributed by atoms with Crippen LogP contribution in [0, 0.1) is 0 Å². The van der Waals surface area contributed by atoms with Crippen LogP contribution in [0.5, 0.6) is 0 Å². The van der Waals surface area contributed by atoms with Gasteiger partial charge in [-0.2, -0.15) is 12.7 Å². The summed E-state index contributed by atoms with van der Waals surface area (Å²) < 4.78 is 25.5. The molecule has 0 aromatic heterocycles. The number of halogens is 1. The van der Waals surface area contributed by atoms with Crippen molar-refractivity contribution in [3.05, 3.63) is 0 Å². The topological polar surface area (TPSA) is 71.1 Å². The van der Waals surface area contributed by atoms with Crippen molar-refractivity contribution in [3.8, 4) is 0 Å². The molecule has 0 aromatic rings. The number of rotatable bonds is 1. The van der Waals surface area contributed by atoms with Crippen molar-refractivity contribution in [1.82, 2.24) is 4.31 Å². The zero-order chi connectivity index (χ0) is 10.4. The van der Waals surface area contributed by atoms with Crippen LogP contribution in [0.3, 0.4) is 0 Å². The smallest absolute Gasteiger partial charge is 0.396 e. The summed E-state index contributed by atoms with van der Waals surface area (Å²) in [7, 11) is -3.42. The molecule has 1 spiro atoms. The summed E-state index contributed by atoms with van der Waals surface area (Å²) in [5.41, 5.74) is -0.672. The van der Waals surface area contributed by atoms with E-state index in [1.807, 2.05) is 0 Å².